The van der Waals surface area contributed by atoms with Gasteiger partial charge >= 0.3 is 0 Å². The summed E-state index contributed by atoms with van der Waals surface area (Å²) >= 11 is 0. The number of hydrogen-bond acceptors (Lipinski definition) is 3. The summed E-state index contributed by atoms with van der Waals surface area (Å²) in [7, 11) is 0. The molecule has 1 aliphatic heterocycles. The molecule has 0 radical (unpaired) electrons. The van der Waals surface area contributed by atoms with Gasteiger partial charge in [-0.15, -0.1) is 0 Å². The molecule has 4 heteroatoms. The van der Waals surface area contributed by atoms with Gasteiger partial charge in [0.15, 0.2) is 0 Å². The van der Waals surface area contributed by atoms with Gasteiger partial charge in [-0.1, -0.05) is 43.2 Å². The second kappa shape index (κ2) is 9.93. The van der Waals surface area contributed by atoms with E-state index in [1.54, 1.807) is 0 Å². The van der Waals surface area contributed by atoms with E-state index in [0.717, 1.165) is 38.9 Å². The Morgan fingerprint density at radius 2 is 1.96 bits per heavy atom. The van der Waals surface area contributed by atoms with Crippen LogP contribution in [0.2, 0.25) is 0 Å². The predicted molar refractivity (Wildman–Crippen MR) is 115 cm³/mol. The van der Waals surface area contributed by atoms with E-state index >= 15 is 0 Å². The van der Waals surface area contributed by atoms with Crippen LogP contribution in [0.5, 0.6) is 0 Å². The molecule has 1 saturated heterocycles. The normalized spacial score (nSPS) is 18.3. The van der Waals surface area contributed by atoms with Crippen LogP contribution >= 0.6 is 0 Å². The first-order valence-electron chi connectivity index (χ1n) is 10.3. The summed E-state index contributed by atoms with van der Waals surface area (Å²) in [6, 6.07) is 8.66. The highest BCUT2D eigenvalue weighted by Crippen LogP contribution is 2.24. The highest BCUT2D eigenvalue weighted by molar-refractivity contribution is 5.81. The molecule has 2 atom stereocenters. The van der Waals surface area contributed by atoms with Crippen LogP contribution in [0.15, 0.2) is 35.9 Å². The molecule has 1 fully saturated rings. The molecular formula is C23H37N3O. The topological polar surface area (TPSA) is 49.6 Å². The third-order valence-electron chi connectivity index (χ3n) is 5.25. The summed E-state index contributed by atoms with van der Waals surface area (Å²) in [6.45, 7) is 13.1. The van der Waals surface area contributed by atoms with E-state index in [1.165, 1.54) is 16.8 Å². The average Bonchev–Trinajstić information content (AvgIpc) is 2.62. The van der Waals surface area contributed by atoms with Crippen molar-refractivity contribution < 1.29 is 4.79 Å². The molecule has 0 saturated carbocycles. The largest absolute Gasteiger partial charge is 0.363 e. The van der Waals surface area contributed by atoms with Crippen molar-refractivity contribution in [1.82, 2.24) is 4.90 Å². The molecule has 1 amide bonds. The molecule has 0 aliphatic carbocycles. The quantitative estimate of drug-likeness (QED) is 0.733. The molecule has 1 unspecified atom stereocenters. The predicted octanol–water partition coefficient (Wildman–Crippen LogP) is 4.13. The van der Waals surface area contributed by atoms with Crippen molar-refractivity contribution in [3.8, 4) is 0 Å². The van der Waals surface area contributed by atoms with Crippen molar-refractivity contribution in [2.75, 3.05) is 24.5 Å². The van der Waals surface area contributed by atoms with Gasteiger partial charge in [-0.3, -0.25) is 4.79 Å². The Morgan fingerprint density at radius 3 is 2.56 bits per heavy atom. The third-order valence-corrected chi connectivity index (χ3v) is 5.25. The molecular weight excluding hydrogens is 334 g/mol. The lowest BCUT2D eigenvalue weighted by atomic mass is 9.99. The van der Waals surface area contributed by atoms with Crippen LogP contribution in [0, 0.1) is 12.8 Å². The molecule has 0 bridgehead atoms. The van der Waals surface area contributed by atoms with Crippen LogP contribution in [0.3, 0.4) is 0 Å². The van der Waals surface area contributed by atoms with Gasteiger partial charge in [0.25, 0.3) is 0 Å². The maximum absolute atomic E-state index is 12.8. The summed E-state index contributed by atoms with van der Waals surface area (Å²) in [5.74, 6) is 0.547. The van der Waals surface area contributed by atoms with Crippen molar-refractivity contribution in [1.29, 1.82) is 0 Å². The molecule has 1 aromatic rings. The van der Waals surface area contributed by atoms with E-state index in [0.29, 0.717) is 12.0 Å². The van der Waals surface area contributed by atoms with Gasteiger partial charge < -0.3 is 15.5 Å². The highest BCUT2D eigenvalue weighted by atomic mass is 16.2. The first kappa shape index (κ1) is 21.5. The van der Waals surface area contributed by atoms with Gasteiger partial charge in [0.2, 0.25) is 5.91 Å². The average molecular weight is 372 g/mol. The molecule has 0 aromatic heterocycles. The van der Waals surface area contributed by atoms with Crippen LogP contribution in [0.25, 0.3) is 0 Å². The van der Waals surface area contributed by atoms with E-state index < -0.39 is 0 Å². The first-order valence-corrected chi connectivity index (χ1v) is 10.3. The SMILES string of the molecule is CC(C)=CCN(c1ccc(C)cc1)C1CCCN(C(=O)[C@@H](N)CC(C)C)C1. The number of carbonyl (C=O) groups excluding carboxylic acids is 1. The Kier molecular flexibility index (Phi) is 7.91. The van der Waals surface area contributed by atoms with Crippen LogP contribution in [-0.4, -0.2) is 42.5 Å². The van der Waals surface area contributed by atoms with Crippen LogP contribution in [0.4, 0.5) is 5.69 Å². The lowest BCUT2D eigenvalue weighted by molar-refractivity contribution is -0.134. The van der Waals surface area contributed by atoms with Crippen LogP contribution in [0.1, 0.15) is 52.5 Å². The number of likely N-dealkylation sites (tertiary alicyclic amines) is 1. The molecule has 2 N–H and O–H groups in total. The zero-order chi connectivity index (χ0) is 20.0. The number of rotatable bonds is 7. The van der Waals surface area contributed by atoms with Crippen molar-refractivity contribution in [3.63, 3.8) is 0 Å². The minimum Gasteiger partial charge on any atom is -0.363 e. The zero-order valence-corrected chi connectivity index (χ0v) is 17.7. The van der Waals surface area contributed by atoms with Crippen molar-refractivity contribution in [3.05, 3.63) is 41.5 Å². The van der Waals surface area contributed by atoms with Crippen molar-refractivity contribution in [2.45, 2.75) is 66.0 Å². The Morgan fingerprint density at radius 1 is 1.30 bits per heavy atom. The summed E-state index contributed by atoms with van der Waals surface area (Å²) < 4.78 is 0. The van der Waals surface area contributed by atoms with Crippen LogP contribution < -0.4 is 10.6 Å². The van der Waals surface area contributed by atoms with Gasteiger partial charge in [-0.05, 0) is 58.1 Å². The van der Waals surface area contributed by atoms with Gasteiger partial charge in [0.1, 0.15) is 0 Å². The van der Waals surface area contributed by atoms with Gasteiger partial charge in [0.05, 0.1) is 6.04 Å². The number of amides is 1. The lowest BCUT2D eigenvalue weighted by Gasteiger charge is -2.41. The number of aryl methyl sites for hydroxylation is 1. The maximum Gasteiger partial charge on any atom is 0.239 e. The number of nitrogens with two attached hydrogens (primary N) is 1. The summed E-state index contributed by atoms with van der Waals surface area (Å²) in [6.07, 6.45) is 5.15. The molecule has 4 nitrogen and oxygen atoms in total. The van der Waals surface area contributed by atoms with Crippen molar-refractivity contribution >= 4 is 11.6 Å². The Hall–Kier alpha value is -1.81. The summed E-state index contributed by atoms with van der Waals surface area (Å²) in [5, 5.41) is 0. The van der Waals surface area contributed by atoms with Gasteiger partial charge in [0, 0.05) is 31.4 Å². The Labute approximate surface area is 165 Å². The monoisotopic (exact) mass is 371 g/mol. The number of nitrogens with zero attached hydrogens (tertiary/aromatic N) is 2. The number of hydrogen-bond donors (Lipinski definition) is 1. The summed E-state index contributed by atoms with van der Waals surface area (Å²) in [4.78, 5) is 17.3. The Balaban J connectivity index is 2.15. The minimum atomic E-state index is -0.380. The van der Waals surface area contributed by atoms with E-state index in [4.69, 9.17) is 5.73 Å². The Bertz CT molecular complexity index is 632. The fourth-order valence-corrected chi connectivity index (χ4v) is 3.73. The number of piperidine rings is 1. The molecule has 1 aliphatic rings. The second-order valence-electron chi connectivity index (χ2n) is 8.59. The maximum atomic E-state index is 12.8. The number of carbonyl (C=O) groups is 1. The standard InChI is InChI=1S/C23H37N3O/c1-17(2)12-14-26(20-10-8-19(5)9-11-20)21-7-6-13-25(16-21)23(27)22(24)15-18(3)4/h8-12,18,21-22H,6-7,13-16,24H2,1-5H3/t21?,22-/m0/s1. The zero-order valence-electron chi connectivity index (χ0n) is 17.7. The summed E-state index contributed by atoms with van der Waals surface area (Å²) in [5.41, 5.74) is 9.99. The number of anilines is 1. The van der Waals surface area contributed by atoms with Gasteiger partial charge in [-0.25, -0.2) is 0 Å². The number of allylic oxidation sites excluding steroid dienone is 1. The third kappa shape index (κ3) is 6.39. The molecule has 1 aromatic carbocycles. The molecule has 150 valence electrons. The minimum absolute atomic E-state index is 0.111. The molecule has 2 rings (SSSR count). The fraction of sp³-hybridized carbons (Fsp3) is 0.609. The number of benzene rings is 1. The van der Waals surface area contributed by atoms with E-state index in [2.05, 4.69) is 69.9 Å². The van der Waals surface area contributed by atoms with Crippen LogP contribution in [-0.2, 0) is 4.79 Å². The molecule has 27 heavy (non-hydrogen) atoms. The lowest BCUT2D eigenvalue weighted by Crippen LogP contribution is -2.54. The van der Waals surface area contributed by atoms with Gasteiger partial charge in [-0.2, -0.15) is 0 Å². The first-order chi connectivity index (χ1) is 12.8. The van der Waals surface area contributed by atoms with Crippen molar-refractivity contribution in [2.24, 2.45) is 11.7 Å². The second-order valence-corrected chi connectivity index (χ2v) is 8.59. The molecule has 1 heterocycles. The molecule has 0 spiro atoms. The van der Waals surface area contributed by atoms with E-state index in [-0.39, 0.29) is 11.9 Å². The van der Waals surface area contributed by atoms with E-state index in [9.17, 15) is 4.79 Å². The smallest absolute Gasteiger partial charge is 0.239 e. The fourth-order valence-electron chi connectivity index (χ4n) is 3.73. The highest BCUT2D eigenvalue weighted by Gasteiger charge is 2.30. The van der Waals surface area contributed by atoms with E-state index in [1.807, 2.05) is 4.90 Å².